The third-order valence-corrected chi connectivity index (χ3v) is 5.19. The van der Waals surface area contributed by atoms with Gasteiger partial charge in [-0.15, -0.1) is 0 Å². The maximum absolute atomic E-state index is 12.7. The van der Waals surface area contributed by atoms with Crippen LogP contribution in [0, 0.1) is 0 Å². The summed E-state index contributed by atoms with van der Waals surface area (Å²) in [5, 5.41) is 1.30. The number of halogens is 1. The number of hydrogen-bond acceptors (Lipinski definition) is 4. The lowest BCUT2D eigenvalue weighted by molar-refractivity contribution is -0.122. The number of hydrogen-bond donors (Lipinski definition) is 0. The largest absolute Gasteiger partial charge is 0.378 e. The molecule has 1 amide bonds. The molecular formula is C20H20ClN3OS. The summed E-state index contributed by atoms with van der Waals surface area (Å²) in [5.41, 5.74) is 2.85. The van der Waals surface area contributed by atoms with Crippen LogP contribution in [0.3, 0.4) is 0 Å². The fourth-order valence-corrected chi connectivity index (χ4v) is 3.79. The van der Waals surface area contributed by atoms with Crippen molar-refractivity contribution >= 4 is 51.9 Å². The van der Waals surface area contributed by atoms with Crippen LogP contribution in [0.2, 0.25) is 5.02 Å². The second-order valence-electron chi connectivity index (χ2n) is 6.02. The molecule has 0 aliphatic carbocycles. The molecule has 0 aromatic heterocycles. The number of anilines is 1. The molecule has 2 aromatic carbocycles. The summed E-state index contributed by atoms with van der Waals surface area (Å²) in [6.07, 6.45) is 1.91. The fourth-order valence-electron chi connectivity index (χ4n) is 2.55. The Hall–Kier alpha value is -2.24. The SMILES string of the molecule is CCN1C(=O)/C(=C\c2ccc(N(C)C)cc2)SC1=Nc1cccc(Cl)c1. The van der Waals surface area contributed by atoms with Gasteiger partial charge in [-0.3, -0.25) is 9.69 Å². The van der Waals surface area contributed by atoms with Crippen LogP contribution in [0.4, 0.5) is 11.4 Å². The zero-order valence-corrected chi connectivity index (χ0v) is 16.5. The standard InChI is InChI=1S/C20H20ClN3OS/c1-4-24-19(25)18(12-14-8-10-17(11-9-14)23(2)3)26-20(24)22-16-7-5-6-15(21)13-16/h5-13H,4H2,1-3H3/b18-12+,22-20?. The molecule has 0 unspecified atom stereocenters. The Labute approximate surface area is 163 Å². The van der Waals surface area contributed by atoms with Gasteiger partial charge in [0.15, 0.2) is 5.17 Å². The molecule has 1 aliphatic heterocycles. The van der Waals surface area contributed by atoms with Crippen molar-refractivity contribution in [1.82, 2.24) is 4.90 Å². The number of rotatable bonds is 4. The first-order chi connectivity index (χ1) is 12.5. The quantitative estimate of drug-likeness (QED) is 0.692. The van der Waals surface area contributed by atoms with Gasteiger partial charge in [-0.25, -0.2) is 4.99 Å². The maximum Gasteiger partial charge on any atom is 0.266 e. The summed E-state index contributed by atoms with van der Waals surface area (Å²) in [6.45, 7) is 2.52. The zero-order valence-electron chi connectivity index (χ0n) is 14.9. The Morgan fingerprint density at radius 2 is 1.92 bits per heavy atom. The summed E-state index contributed by atoms with van der Waals surface area (Å²) in [5.74, 6) is -0.0186. The van der Waals surface area contributed by atoms with Gasteiger partial charge in [0.25, 0.3) is 5.91 Å². The number of benzene rings is 2. The summed E-state index contributed by atoms with van der Waals surface area (Å²) in [7, 11) is 4.00. The van der Waals surface area contributed by atoms with Crippen molar-refractivity contribution in [3.63, 3.8) is 0 Å². The highest BCUT2D eigenvalue weighted by Gasteiger charge is 2.32. The van der Waals surface area contributed by atoms with E-state index in [0.717, 1.165) is 16.9 Å². The van der Waals surface area contributed by atoms with E-state index in [4.69, 9.17) is 11.6 Å². The Morgan fingerprint density at radius 1 is 1.19 bits per heavy atom. The monoisotopic (exact) mass is 385 g/mol. The molecule has 134 valence electrons. The van der Waals surface area contributed by atoms with Gasteiger partial charge in [-0.05, 0) is 60.7 Å². The first-order valence-corrected chi connectivity index (χ1v) is 9.50. The van der Waals surface area contributed by atoms with E-state index in [0.29, 0.717) is 21.6 Å². The lowest BCUT2D eigenvalue weighted by Crippen LogP contribution is -2.28. The van der Waals surface area contributed by atoms with Crippen LogP contribution in [0.25, 0.3) is 6.08 Å². The molecule has 4 nitrogen and oxygen atoms in total. The predicted octanol–water partition coefficient (Wildman–Crippen LogP) is 5.03. The Kier molecular flexibility index (Phi) is 5.69. The number of nitrogens with zero attached hydrogens (tertiary/aromatic N) is 3. The summed E-state index contributed by atoms with van der Waals surface area (Å²) in [6, 6.07) is 15.4. The van der Waals surface area contributed by atoms with E-state index in [9.17, 15) is 4.79 Å². The second-order valence-corrected chi connectivity index (χ2v) is 7.47. The summed E-state index contributed by atoms with van der Waals surface area (Å²) in [4.78, 5) is 21.7. The Balaban J connectivity index is 1.89. The number of thioether (sulfide) groups is 1. The van der Waals surface area contributed by atoms with Crippen LogP contribution in [0.1, 0.15) is 12.5 Å². The van der Waals surface area contributed by atoms with Crippen LogP contribution in [0.15, 0.2) is 58.4 Å². The highest BCUT2D eigenvalue weighted by molar-refractivity contribution is 8.18. The van der Waals surface area contributed by atoms with Crippen LogP contribution >= 0.6 is 23.4 Å². The van der Waals surface area contributed by atoms with Crippen molar-refractivity contribution in [2.45, 2.75) is 6.92 Å². The third kappa shape index (κ3) is 4.11. The van der Waals surface area contributed by atoms with Crippen molar-refractivity contribution in [3.8, 4) is 0 Å². The van der Waals surface area contributed by atoms with Gasteiger partial charge in [-0.1, -0.05) is 29.8 Å². The minimum atomic E-state index is -0.0186. The number of likely N-dealkylation sites (N-methyl/N-ethyl adjacent to an activating group) is 1. The summed E-state index contributed by atoms with van der Waals surface area (Å²) < 4.78 is 0. The van der Waals surface area contributed by atoms with Gasteiger partial charge in [0, 0.05) is 31.4 Å². The van der Waals surface area contributed by atoms with Crippen molar-refractivity contribution in [2.75, 3.05) is 25.5 Å². The first kappa shape index (κ1) is 18.5. The molecule has 0 radical (unpaired) electrons. The van der Waals surface area contributed by atoms with Crippen LogP contribution in [-0.2, 0) is 4.79 Å². The maximum atomic E-state index is 12.7. The molecule has 0 N–H and O–H groups in total. The van der Waals surface area contributed by atoms with E-state index in [1.54, 1.807) is 17.0 Å². The smallest absolute Gasteiger partial charge is 0.266 e. The molecule has 1 aliphatic rings. The fraction of sp³-hybridized carbons (Fsp3) is 0.200. The van der Waals surface area contributed by atoms with E-state index in [1.807, 2.05) is 68.4 Å². The van der Waals surface area contributed by atoms with Gasteiger partial charge in [0.1, 0.15) is 0 Å². The molecular weight excluding hydrogens is 366 g/mol. The minimum Gasteiger partial charge on any atom is -0.378 e. The van der Waals surface area contributed by atoms with E-state index in [1.165, 1.54) is 11.8 Å². The van der Waals surface area contributed by atoms with Gasteiger partial charge in [-0.2, -0.15) is 0 Å². The van der Waals surface area contributed by atoms with Crippen molar-refractivity contribution < 1.29 is 4.79 Å². The molecule has 0 spiro atoms. The molecule has 3 rings (SSSR count). The van der Waals surface area contributed by atoms with Crippen LogP contribution in [-0.4, -0.2) is 36.6 Å². The molecule has 6 heteroatoms. The highest BCUT2D eigenvalue weighted by Crippen LogP contribution is 2.34. The molecule has 0 atom stereocenters. The predicted molar refractivity (Wildman–Crippen MR) is 112 cm³/mol. The van der Waals surface area contributed by atoms with Crippen molar-refractivity contribution in [1.29, 1.82) is 0 Å². The van der Waals surface area contributed by atoms with Crippen LogP contribution in [0.5, 0.6) is 0 Å². The van der Waals surface area contributed by atoms with E-state index >= 15 is 0 Å². The molecule has 1 saturated heterocycles. The van der Waals surface area contributed by atoms with Crippen molar-refractivity contribution in [3.05, 3.63) is 64.0 Å². The molecule has 26 heavy (non-hydrogen) atoms. The van der Waals surface area contributed by atoms with Crippen LogP contribution < -0.4 is 4.90 Å². The number of aliphatic imine (C=N–C) groups is 1. The summed E-state index contributed by atoms with van der Waals surface area (Å²) >= 11 is 7.42. The number of amides is 1. The number of amidine groups is 1. The average molecular weight is 386 g/mol. The molecule has 0 saturated carbocycles. The minimum absolute atomic E-state index is 0.0186. The van der Waals surface area contributed by atoms with E-state index in [2.05, 4.69) is 4.99 Å². The topological polar surface area (TPSA) is 35.9 Å². The van der Waals surface area contributed by atoms with Gasteiger partial charge in [0.2, 0.25) is 0 Å². The first-order valence-electron chi connectivity index (χ1n) is 8.31. The van der Waals surface area contributed by atoms with Gasteiger partial charge < -0.3 is 4.90 Å². The van der Waals surface area contributed by atoms with Crippen molar-refractivity contribution in [2.24, 2.45) is 4.99 Å². The zero-order chi connectivity index (χ0) is 18.7. The number of carbonyl (C=O) groups excluding carboxylic acids is 1. The molecule has 1 fully saturated rings. The third-order valence-electron chi connectivity index (χ3n) is 3.94. The average Bonchev–Trinajstić information content (AvgIpc) is 2.90. The molecule has 0 bridgehead atoms. The lowest BCUT2D eigenvalue weighted by Gasteiger charge is -2.12. The molecule has 1 heterocycles. The molecule has 2 aromatic rings. The Morgan fingerprint density at radius 3 is 2.54 bits per heavy atom. The van der Waals surface area contributed by atoms with Gasteiger partial charge in [0.05, 0.1) is 10.6 Å². The normalized spacial score (nSPS) is 17.4. The van der Waals surface area contributed by atoms with E-state index in [-0.39, 0.29) is 5.91 Å². The Bertz CT molecular complexity index is 875. The highest BCUT2D eigenvalue weighted by atomic mass is 35.5. The van der Waals surface area contributed by atoms with E-state index < -0.39 is 0 Å². The van der Waals surface area contributed by atoms with Gasteiger partial charge >= 0.3 is 0 Å². The number of carbonyl (C=O) groups is 1. The second kappa shape index (κ2) is 7.98. The lowest BCUT2D eigenvalue weighted by atomic mass is 10.2.